The van der Waals surface area contributed by atoms with Crippen molar-refractivity contribution >= 4 is 5.97 Å². The minimum atomic E-state index is -0.528. The van der Waals surface area contributed by atoms with Crippen molar-refractivity contribution in [2.45, 2.75) is 89.6 Å². The lowest BCUT2D eigenvalue weighted by Gasteiger charge is -2.59. The van der Waals surface area contributed by atoms with E-state index in [1.165, 1.54) is 0 Å². The molecule has 1 spiro atoms. The van der Waals surface area contributed by atoms with E-state index < -0.39 is 5.60 Å². The monoisotopic (exact) mass is 334 g/mol. The standard InChI is InChI=1S/C20H30O4/c1-17-8-5-14-12(13(17)6-10-19(17,3)22)4-11-20-16(24-20)23-15(21)7-9-18(14,20)2/h12-14,16,22H,4-11H2,1-3H3/t12-,13-,14-,16+,17+,18-,19-,20+/m1/s1. The van der Waals surface area contributed by atoms with E-state index >= 15 is 0 Å². The van der Waals surface area contributed by atoms with E-state index in [0.717, 1.165) is 44.9 Å². The van der Waals surface area contributed by atoms with Crippen LogP contribution in [0.25, 0.3) is 0 Å². The normalized spacial score (nSPS) is 61.8. The number of ether oxygens (including phenoxy) is 2. The second kappa shape index (κ2) is 4.37. The lowest BCUT2D eigenvalue weighted by molar-refractivity contribution is -0.150. The molecular formula is C20H30O4. The molecule has 134 valence electrons. The van der Waals surface area contributed by atoms with Gasteiger partial charge in [-0.1, -0.05) is 13.8 Å². The number of hydrogen-bond donors (Lipinski definition) is 1. The van der Waals surface area contributed by atoms with Gasteiger partial charge in [0.2, 0.25) is 6.29 Å². The molecule has 0 unspecified atom stereocenters. The lowest BCUT2D eigenvalue weighted by atomic mass is 9.46. The van der Waals surface area contributed by atoms with E-state index in [1.54, 1.807) is 0 Å². The quantitative estimate of drug-likeness (QED) is 0.545. The molecule has 0 aromatic rings. The summed E-state index contributed by atoms with van der Waals surface area (Å²) in [5.41, 5.74) is -0.645. The predicted octanol–water partition coefficient (Wildman–Crippen LogP) is 3.41. The van der Waals surface area contributed by atoms with Crippen LogP contribution in [0.1, 0.15) is 72.1 Å². The van der Waals surface area contributed by atoms with Crippen LogP contribution in [-0.4, -0.2) is 28.6 Å². The fourth-order valence-corrected chi connectivity index (χ4v) is 7.50. The van der Waals surface area contributed by atoms with Crippen molar-refractivity contribution in [1.82, 2.24) is 0 Å². The van der Waals surface area contributed by atoms with Gasteiger partial charge in [-0.2, -0.15) is 0 Å². The molecule has 2 saturated heterocycles. The van der Waals surface area contributed by atoms with Crippen molar-refractivity contribution in [2.75, 3.05) is 0 Å². The summed E-state index contributed by atoms with van der Waals surface area (Å²) in [7, 11) is 0. The number of carbonyl (C=O) groups excluding carboxylic acids is 1. The van der Waals surface area contributed by atoms with Crippen molar-refractivity contribution < 1.29 is 19.4 Å². The molecule has 24 heavy (non-hydrogen) atoms. The smallest absolute Gasteiger partial charge is 0.308 e. The number of hydrogen-bond acceptors (Lipinski definition) is 4. The van der Waals surface area contributed by atoms with Crippen molar-refractivity contribution in [2.24, 2.45) is 28.6 Å². The summed E-state index contributed by atoms with van der Waals surface area (Å²) in [6.07, 6.45) is 7.62. The van der Waals surface area contributed by atoms with Crippen LogP contribution in [0.4, 0.5) is 0 Å². The molecule has 2 heterocycles. The van der Waals surface area contributed by atoms with Crippen LogP contribution in [0.3, 0.4) is 0 Å². The molecular weight excluding hydrogens is 304 g/mol. The van der Waals surface area contributed by atoms with E-state index in [0.29, 0.717) is 24.2 Å². The molecule has 5 rings (SSSR count). The van der Waals surface area contributed by atoms with Crippen molar-refractivity contribution in [3.8, 4) is 0 Å². The highest BCUT2D eigenvalue weighted by molar-refractivity contribution is 5.70. The second-order valence-electron chi connectivity index (χ2n) is 9.93. The molecule has 4 heteroatoms. The van der Waals surface area contributed by atoms with Crippen LogP contribution in [-0.2, 0) is 14.3 Å². The largest absolute Gasteiger partial charge is 0.432 e. The Morgan fingerprint density at radius 3 is 2.46 bits per heavy atom. The first-order chi connectivity index (χ1) is 11.2. The van der Waals surface area contributed by atoms with Gasteiger partial charge < -0.3 is 14.6 Å². The van der Waals surface area contributed by atoms with E-state index in [-0.39, 0.29) is 28.7 Å². The van der Waals surface area contributed by atoms with Crippen molar-refractivity contribution in [3.05, 3.63) is 0 Å². The van der Waals surface area contributed by atoms with Gasteiger partial charge in [-0.25, -0.2) is 0 Å². The van der Waals surface area contributed by atoms with Crippen LogP contribution in [0.2, 0.25) is 0 Å². The maximum absolute atomic E-state index is 11.9. The maximum Gasteiger partial charge on any atom is 0.308 e. The molecule has 5 aliphatic rings. The fraction of sp³-hybridized carbons (Fsp3) is 0.950. The highest BCUT2D eigenvalue weighted by atomic mass is 16.8. The zero-order valence-electron chi connectivity index (χ0n) is 15.1. The van der Waals surface area contributed by atoms with Crippen LogP contribution in [0.5, 0.6) is 0 Å². The molecule has 3 aliphatic carbocycles. The summed E-state index contributed by atoms with van der Waals surface area (Å²) < 4.78 is 11.6. The SMILES string of the molecule is C[C@]12CC[C@@H]3[C@H](CC[C@]45O[C@@H]4OC(=O)CC[C@]35C)[C@H]1CC[C@@]2(C)O. The first-order valence-electron chi connectivity index (χ1n) is 9.83. The predicted molar refractivity (Wildman–Crippen MR) is 87.9 cm³/mol. The van der Waals surface area contributed by atoms with Crippen molar-refractivity contribution in [1.29, 1.82) is 0 Å². The Morgan fingerprint density at radius 1 is 0.958 bits per heavy atom. The van der Waals surface area contributed by atoms with E-state index in [9.17, 15) is 9.90 Å². The fourth-order valence-electron chi connectivity index (χ4n) is 7.50. The van der Waals surface area contributed by atoms with Gasteiger partial charge in [0.05, 0.1) is 5.60 Å². The van der Waals surface area contributed by atoms with Crippen LogP contribution in [0, 0.1) is 28.6 Å². The molecule has 0 bridgehead atoms. The topological polar surface area (TPSA) is 59.1 Å². The van der Waals surface area contributed by atoms with Gasteiger partial charge in [0.25, 0.3) is 0 Å². The number of esters is 1. The molecule has 0 aromatic heterocycles. The second-order valence-corrected chi connectivity index (χ2v) is 9.93. The van der Waals surface area contributed by atoms with Gasteiger partial charge in [-0.3, -0.25) is 4.79 Å². The third-order valence-electron chi connectivity index (χ3n) is 9.36. The molecule has 5 fully saturated rings. The lowest BCUT2D eigenvalue weighted by Crippen LogP contribution is -2.57. The van der Waals surface area contributed by atoms with Crippen molar-refractivity contribution in [3.63, 3.8) is 0 Å². The van der Waals surface area contributed by atoms with Gasteiger partial charge in [0.15, 0.2) is 0 Å². The first kappa shape index (κ1) is 15.6. The maximum atomic E-state index is 11.9. The molecule has 8 atom stereocenters. The minimum Gasteiger partial charge on any atom is -0.432 e. The Balaban J connectivity index is 1.51. The Morgan fingerprint density at radius 2 is 1.67 bits per heavy atom. The molecule has 3 saturated carbocycles. The number of epoxide rings is 1. The van der Waals surface area contributed by atoms with Gasteiger partial charge >= 0.3 is 5.97 Å². The van der Waals surface area contributed by atoms with E-state index in [4.69, 9.17) is 9.47 Å². The van der Waals surface area contributed by atoms with E-state index in [1.807, 2.05) is 0 Å². The summed E-state index contributed by atoms with van der Waals surface area (Å²) in [6, 6.07) is 0. The molecule has 0 aromatic carbocycles. The number of carbonyl (C=O) groups is 1. The van der Waals surface area contributed by atoms with Gasteiger partial charge in [-0.05, 0) is 75.0 Å². The summed E-state index contributed by atoms with van der Waals surface area (Å²) in [5.74, 6) is 1.77. The number of fused-ring (bicyclic) bond motifs is 4. The summed E-state index contributed by atoms with van der Waals surface area (Å²) in [4.78, 5) is 11.9. The molecule has 4 nitrogen and oxygen atoms in total. The highest BCUT2D eigenvalue weighted by Crippen LogP contribution is 2.72. The number of aliphatic hydroxyl groups is 1. The van der Waals surface area contributed by atoms with E-state index in [2.05, 4.69) is 20.8 Å². The first-order valence-corrected chi connectivity index (χ1v) is 9.83. The Bertz CT molecular complexity index is 600. The molecule has 0 radical (unpaired) electrons. The Kier molecular flexibility index (Phi) is 2.85. The van der Waals surface area contributed by atoms with Gasteiger partial charge in [0, 0.05) is 11.8 Å². The third-order valence-corrected chi connectivity index (χ3v) is 9.36. The average molecular weight is 334 g/mol. The van der Waals surface area contributed by atoms with Crippen LogP contribution < -0.4 is 0 Å². The zero-order valence-corrected chi connectivity index (χ0v) is 15.1. The molecule has 2 aliphatic heterocycles. The van der Waals surface area contributed by atoms with Crippen LogP contribution >= 0.6 is 0 Å². The Labute approximate surface area is 144 Å². The number of rotatable bonds is 0. The third kappa shape index (κ3) is 1.61. The summed E-state index contributed by atoms with van der Waals surface area (Å²) in [5, 5.41) is 11.0. The average Bonchev–Trinajstić information content (AvgIpc) is 3.16. The van der Waals surface area contributed by atoms with Gasteiger partial charge in [-0.15, -0.1) is 0 Å². The molecule has 1 N–H and O–H groups in total. The summed E-state index contributed by atoms with van der Waals surface area (Å²) in [6.45, 7) is 6.74. The summed E-state index contributed by atoms with van der Waals surface area (Å²) >= 11 is 0. The minimum absolute atomic E-state index is 0.0442. The van der Waals surface area contributed by atoms with Crippen LogP contribution in [0.15, 0.2) is 0 Å². The zero-order chi connectivity index (χ0) is 17.0. The highest BCUT2D eigenvalue weighted by Gasteiger charge is 2.76. The van der Waals surface area contributed by atoms with Gasteiger partial charge in [0.1, 0.15) is 5.60 Å². The molecule has 0 amide bonds. The Hall–Kier alpha value is -0.610.